The van der Waals surface area contributed by atoms with Gasteiger partial charge in [0, 0.05) is 17.7 Å². The molecule has 1 saturated carbocycles. The Balaban J connectivity index is 1.82. The molecule has 18 heavy (non-hydrogen) atoms. The first-order valence-electron chi connectivity index (χ1n) is 6.48. The van der Waals surface area contributed by atoms with Crippen molar-refractivity contribution in [1.82, 2.24) is 5.06 Å². The molecule has 1 aliphatic carbocycles. The maximum absolute atomic E-state index is 12.2. The first-order chi connectivity index (χ1) is 8.81. The molecule has 1 unspecified atom stereocenters. The van der Waals surface area contributed by atoms with Gasteiger partial charge in [-0.3, -0.25) is 9.63 Å². The van der Waals surface area contributed by atoms with Gasteiger partial charge in [-0.25, -0.2) is 0 Å². The van der Waals surface area contributed by atoms with Crippen LogP contribution in [-0.2, 0) is 9.57 Å². The standard InChI is InChI=1S/C14H17NO3/c1-2-17-14-12-6-4-3-5-11(12)13(16)15(14)18-9-10-7-8-10/h3-6,10,14H,2,7-9H2,1H3. The van der Waals surface area contributed by atoms with Gasteiger partial charge >= 0.3 is 0 Å². The number of rotatable bonds is 5. The van der Waals surface area contributed by atoms with E-state index in [9.17, 15) is 4.79 Å². The Bertz CT molecular complexity index is 456. The summed E-state index contributed by atoms with van der Waals surface area (Å²) in [5.74, 6) is 0.522. The van der Waals surface area contributed by atoms with Gasteiger partial charge in [0.25, 0.3) is 5.91 Å². The minimum absolute atomic E-state index is 0.0929. The van der Waals surface area contributed by atoms with Crippen LogP contribution in [0.3, 0.4) is 0 Å². The first kappa shape index (κ1) is 11.7. The van der Waals surface area contributed by atoms with Gasteiger partial charge in [0.05, 0.1) is 6.61 Å². The average molecular weight is 247 g/mol. The normalized spacial score (nSPS) is 22.4. The van der Waals surface area contributed by atoms with E-state index in [-0.39, 0.29) is 5.91 Å². The van der Waals surface area contributed by atoms with Crippen LogP contribution in [0.15, 0.2) is 24.3 Å². The molecule has 1 atom stereocenters. The summed E-state index contributed by atoms with van der Waals surface area (Å²) >= 11 is 0. The number of carbonyl (C=O) groups excluding carboxylic acids is 1. The maximum Gasteiger partial charge on any atom is 0.280 e. The third-order valence-electron chi connectivity index (χ3n) is 3.34. The molecule has 4 heteroatoms. The van der Waals surface area contributed by atoms with E-state index in [2.05, 4.69) is 0 Å². The van der Waals surface area contributed by atoms with Crippen LogP contribution in [0.25, 0.3) is 0 Å². The van der Waals surface area contributed by atoms with Crippen molar-refractivity contribution < 1.29 is 14.4 Å². The minimum atomic E-state index is -0.391. The zero-order valence-corrected chi connectivity index (χ0v) is 10.5. The lowest BCUT2D eigenvalue weighted by molar-refractivity contribution is -0.216. The third kappa shape index (κ3) is 2.02. The topological polar surface area (TPSA) is 38.8 Å². The van der Waals surface area contributed by atoms with E-state index in [1.807, 2.05) is 31.2 Å². The highest BCUT2D eigenvalue weighted by Crippen LogP contribution is 2.36. The fourth-order valence-electron chi connectivity index (χ4n) is 2.17. The molecule has 4 nitrogen and oxygen atoms in total. The summed E-state index contributed by atoms with van der Waals surface area (Å²) in [7, 11) is 0. The number of fused-ring (bicyclic) bond motifs is 1. The summed E-state index contributed by atoms with van der Waals surface area (Å²) in [6.07, 6.45) is 2.01. The number of nitrogens with zero attached hydrogens (tertiary/aromatic N) is 1. The van der Waals surface area contributed by atoms with Crippen LogP contribution < -0.4 is 0 Å². The number of carbonyl (C=O) groups is 1. The predicted molar refractivity (Wildman–Crippen MR) is 65.7 cm³/mol. The summed E-state index contributed by atoms with van der Waals surface area (Å²) in [5.41, 5.74) is 1.59. The SMILES string of the molecule is CCOC1c2ccccc2C(=O)N1OCC1CC1. The Kier molecular flexibility index (Phi) is 3.06. The van der Waals surface area contributed by atoms with Crippen LogP contribution in [0.1, 0.15) is 41.9 Å². The van der Waals surface area contributed by atoms with Crippen molar-refractivity contribution in [2.75, 3.05) is 13.2 Å². The van der Waals surface area contributed by atoms with E-state index in [0.29, 0.717) is 24.7 Å². The largest absolute Gasteiger partial charge is 0.352 e. The lowest BCUT2D eigenvalue weighted by Gasteiger charge is -2.23. The molecule has 0 radical (unpaired) electrons. The number of hydrogen-bond acceptors (Lipinski definition) is 3. The summed E-state index contributed by atoms with van der Waals surface area (Å²) in [6, 6.07) is 7.53. The van der Waals surface area contributed by atoms with Crippen LogP contribution in [0, 0.1) is 5.92 Å². The van der Waals surface area contributed by atoms with E-state index in [1.165, 1.54) is 17.9 Å². The second kappa shape index (κ2) is 4.71. The number of benzene rings is 1. The second-order valence-corrected chi connectivity index (χ2v) is 4.77. The third-order valence-corrected chi connectivity index (χ3v) is 3.34. The molecule has 1 fully saturated rings. The number of amides is 1. The smallest absolute Gasteiger partial charge is 0.280 e. The summed E-state index contributed by atoms with van der Waals surface area (Å²) < 4.78 is 5.65. The predicted octanol–water partition coefficient (Wildman–Crippen LogP) is 2.52. The van der Waals surface area contributed by atoms with Crippen molar-refractivity contribution >= 4 is 5.91 Å². The highest BCUT2D eigenvalue weighted by Gasteiger charge is 2.39. The Hall–Kier alpha value is -1.39. The van der Waals surface area contributed by atoms with E-state index >= 15 is 0 Å². The van der Waals surface area contributed by atoms with E-state index in [0.717, 1.165) is 5.56 Å². The highest BCUT2D eigenvalue weighted by atomic mass is 16.7. The van der Waals surface area contributed by atoms with Crippen molar-refractivity contribution in [3.63, 3.8) is 0 Å². The van der Waals surface area contributed by atoms with Crippen LogP contribution in [0.2, 0.25) is 0 Å². The van der Waals surface area contributed by atoms with Crippen LogP contribution in [-0.4, -0.2) is 24.2 Å². The maximum atomic E-state index is 12.2. The van der Waals surface area contributed by atoms with Gasteiger partial charge in [-0.2, -0.15) is 5.06 Å². The van der Waals surface area contributed by atoms with Gasteiger partial charge in [0.15, 0.2) is 6.23 Å². The quantitative estimate of drug-likeness (QED) is 0.802. The van der Waals surface area contributed by atoms with Gasteiger partial charge < -0.3 is 4.74 Å². The van der Waals surface area contributed by atoms with Gasteiger partial charge in [-0.1, -0.05) is 18.2 Å². The zero-order valence-electron chi connectivity index (χ0n) is 10.5. The Morgan fingerprint density at radius 1 is 1.33 bits per heavy atom. The average Bonchev–Trinajstić information content (AvgIpc) is 3.18. The summed E-state index contributed by atoms with van der Waals surface area (Å²) in [4.78, 5) is 17.9. The van der Waals surface area contributed by atoms with E-state index in [4.69, 9.17) is 9.57 Å². The number of hydroxylamine groups is 2. The second-order valence-electron chi connectivity index (χ2n) is 4.77. The fourth-order valence-corrected chi connectivity index (χ4v) is 2.17. The van der Waals surface area contributed by atoms with Crippen molar-refractivity contribution in [3.8, 4) is 0 Å². The Morgan fingerprint density at radius 3 is 2.83 bits per heavy atom. The number of hydrogen-bond donors (Lipinski definition) is 0. The van der Waals surface area contributed by atoms with Crippen LogP contribution in [0.4, 0.5) is 0 Å². The van der Waals surface area contributed by atoms with Gasteiger partial charge in [-0.15, -0.1) is 0 Å². The van der Waals surface area contributed by atoms with E-state index < -0.39 is 6.23 Å². The van der Waals surface area contributed by atoms with Crippen molar-refractivity contribution in [2.24, 2.45) is 5.92 Å². The van der Waals surface area contributed by atoms with E-state index in [1.54, 1.807) is 0 Å². The molecule has 1 aromatic carbocycles. The molecule has 0 spiro atoms. The molecule has 1 aromatic rings. The molecule has 0 N–H and O–H groups in total. The molecule has 0 saturated heterocycles. The zero-order chi connectivity index (χ0) is 12.5. The Labute approximate surface area is 106 Å². The first-order valence-corrected chi connectivity index (χ1v) is 6.48. The summed E-state index contributed by atoms with van der Waals surface area (Å²) in [6.45, 7) is 3.09. The molecule has 0 aromatic heterocycles. The molecule has 3 rings (SSSR count). The molecule has 96 valence electrons. The molecular formula is C14H17NO3. The minimum Gasteiger partial charge on any atom is -0.352 e. The van der Waals surface area contributed by atoms with Crippen molar-refractivity contribution in [1.29, 1.82) is 0 Å². The molecule has 1 heterocycles. The lowest BCUT2D eigenvalue weighted by atomic mass is 10.1. The number of ether oxygens (including phenoxy) is 1. The fraction of sp³-hybridized carbons (Fsp3) is 0.500. The van der Waals surface area contributed by atoms with Gasteiger partial charge in [0.1, 0.15) is 0 Å². The summed E-state index contributed by atoms with van der Waals surface area (Å²) in [5, 5.41) is 1.40. The Morgan fingerprint density at radius 2 is 2.11 bits per heavy atom. The molecule has 1 amide bonds. The lowest BCUT2D eigenvalue weighted by Crippen LogP contribution is -2.30. The van der Waals surface area contributed by atoms with Crippen molar-refractivity contribution in [2.45, 2.75) is 26.0 Å². The molecule has 2 aliphatic rings. The molecular weight excluding hydrogens is 230 g/mol. The molecule has 1 aliphatic heterocycles. The highest BCUT2D eigenvalue weighted by molar-refractivity contribution is 5.98. The van der Waals surface area contributed by atoms with Crippen LogP contribution in [0.5, 0.6) is 0 Å². The van der Waals surface area contributed by atoms with Gasteiger partial charge in [-0.05, 0) is 31.7 Å². The van der Waals surface area contributed by atoms with Crippen molar-refractivity contribution in [3.05, 3.63) is 35.4 Å². The molecule has 0 bridgehead atoms. The monoisotopic (exact) mass is 247 g/mol. The van der Waals surface area contributed by atoms with Crippen LogP contribution >= 0.6 is 0 Å². The van der Waals surface area contributed by atoms with Gasteiger partial charge in [0.2, 0.25) is 0 Å².